The predicted octanol–water partition coefficient (Wildman–Crippen LogP) is 1.96. The first-order valence-electron chi connectivity index (χ1n) is 6.66. The van der Waals surface area contributed by atoms with Crippen molar-refractivity contribution < 1.29 is 19.5 Å². The molecular formula is C14H18N2O4. The number of aromatic carboxylic acids is 1. The van der Waals surface area contributed by atoms with Crippen LogP contribution in [0.5, 0.6) is 0 Å². The number of amides is 1. The Morgan fingerprint density at radius 2 is 1.80 bits per heavy atom. The first kappa shape index (κ1) is 14.3. The zero-order chi connectivity index (χ0) is 14.5. The summed E-state index contributed by atoms with van der Waals surface area (Å²) in [5.74, 6) is -1.61. The fourth-order valence-electron chi connectivity index (χ4n) is 2.28. The average Bonchev–Trinajstić information content (AvgIpc) is 2.45. The van der Waals surface area contributed by atoms with Gasteiger partial charge in [-0.05, 0) is 31.0 Å². The van der Waals surface area contributed by atoms with Crippen molar-refractivity contribution >= 4 is 17.6 Å². The van der Waals surface area contributed by atoms with Crippen LogP contribution in [0.1, 0.15) is 52.8 Å². The van der Waals surface area contributed by atoms with Gasteiger partial charge in [0.15, 0.2) is 0 Å². The van der Waals surface area contributed by atoms with E-state index in [1.165, 1.54) is 24.6 Å². The summed E-state index contributed by atoms with van der Waals surface area (Å²) >= 11 is 0. The summed E-state index contributed by atoms with van der Waals surface area (Å²) in [6.07, 6.45) is 5.29. The molecule has 0 unspecified atom stereocenters. The Hall–Kier alpha value is -2.08. The molecule has 2 rings (SSSR count). The minimum atomic E-state index is -1.13. The molecule has 1 fully saturated rings. The van der Waals surface area contributed by atoms with E-state index in [4.69, 9.17) is 15.7 Å². The van der Waals surface area contributed by atoms with Crippen molar-refractivity contribution in [2.75, 3.05) is 5.73 Å². The number of carboxylic acids is 1. The van der Waals surface area contributed by atoms with Crippen LogP contribution in [-0.4, -0.2) is 23.1 Å². The number of nitrogens with one attached hydrogen (secondary N) is 1. The molecule has 0 radical (unpaired) electrons. The van der Waals surface area contributed by atoms with Gasteiger partial charge in [0.2, 0.25) is 0 Å². The number of carbonyl (C=O) groups excluding carboxylic acids is 1. The quantitative estimate of drug-likeness (QED) is 0.577. The van der Waals surface area contributed by atoms with Crippen LogP contribution in [0.15, 0.2) is 18.2 Å². The van der Waals surface area contributed by atoms with Crippen LogP contribution in [0.3, 0.4) is 0 Å². The highest BCUT2D eigenvalue weighted by Crippen LogP contribution is 2.19. The van der Waals surface area contributed by atoms with E-state index in [2.05, 4.69) is 5.48 Å². The van der Waals surface area contributed by atoms with Gasteiger partial charge < -0.3 is 10.8 Å². The van der Waals surface area contributed by atoms with E-state index >= 15 is 0 Å². The molecule has 1 aliphatic carbocycles. The van der Waals surface area contributed by atoms with E-state index in [-0.39, 0.29) is 22.9 Å². The minimum absolute atomic E-state index is 0.0205. The van der Waals surface area contributed by atoms with E-state index in [9.17, 15) is 9.59 Å². The number of hydroxylamine groups is 1. The van der Waals surface area contributed by atoms with Gasteiger partial charge in [0, 0.05) is 11.3 Å². The number of nitrogens with two attached hydrogens (primary N) is 1. The van der Waals surface area contributed by atoms with Crippen molar-refractivity contribution in [2.24, 2.45) is 0 Å². The third-order valence-electron chi connectivity index (χ3n) is 3.33. The lowest BCUT2D eigenvalue weighted by Crippen LogP contribution is -2.31. The number of hydrogen-bond acceptors (Lipinski definition) is 4. The van der Waals surface area contributed by atoms with Crippen molar-refractivity contribution in [3.05, 3.63) is 29.3 Å². The Kier molecular flexibility index (Phi) is 4.57. The van der Waals surface area contributed by atoms with Gasteiger partial charge in [0.05, 0.1) is 11.7 Å². The predicted molar refractivity (Wildman–Crippen MR) is 73.2 cm³/mol. The van der Waals surface area contributed by atoms with Gasteiger partial charge in [-0.25, -0.2) is 10.3 Å². The number of carbonyl (C=O) groups is 2. The molecule has 108 valence electrons. The Balaban J connectivity index is 1.99. The van der Waals surface area contributed by atoms with Crippen LogP contribution in [0.25, 0.3) is 0 Å². The fourth-order valence-corrected chi connectivity index (χ4v) is 2.28. The summed E-state index contributed by atoms with van der Waals surface area (Å²) in [6, 6.07) is 4.01. The maximum absolute atomic E-state index is 11.9. The van der Waals surface area contributed by atoms with Gasteiger partial charge in [0.1, 0.15) is 0 Å². The first-order chi connectivity index (χ1) is 9.56. The molecule has 1 aromatic carbocycles. The van der Waals surface area contributed by atoms with Crippen LogP contribution in [-0.2, 0) is 4.84 Å². The van der Waals surface area contributed by atoms with Gasteiger partial charge in [-0.2, -0.15) is 0 Å². The molecule has 6 nitrogen and oxygen atoms in total. The van der Waals surface area contributed by atoms with Gasteiger partial charge in [-0.15, -0.1) is 0 Å². The van der Waals surface area contributed by atoms with Gasteiger partial charge in [0.25, 0.3) is 5.91 Å². The largest absolute Gasteiger partial charge is 0.478 e. The van der Waals surface area contributed by atoms with Gasteiger partial charge in [-0.3, -0.25) is 9.63 Å². The van der Waals surface area contributed by atoms with Gasteiger partial charge >= 0.3 is 5.97 Å². The highest BCUT2D eigenvalue weighted by atomic mass is 16.7. The molecule has 0 bridgehead atoms. The standard InChI is InChI=1S/C14H18N2O4/c15-11-7-9(6-10(8-11)14(18)19)13(17)16-20-12-4-2-1-3-5-12/h6-8,12H,1-5,15H2,(H,16,17)(H,18,19). The minimum Gasteiger partial charge on any atom is -0.478 e. The van der Waals surface area contributed by atoms with Crippen LogP contribution >= 0.6 is 0 Å². The molecule has 1 aliphatic rings. The monoisotopic (exact) mass is 278 g/mol. The normalized spacial score (nSPS) is 15.8. The van der Waals surface area contributed by atoms with Crippen molar-refractivity contribution in [3.63, 3.8) is 0 Å². The van der Waals surface area contributed by atoms with E-state index in [0.717, 1.165) is 25.7 Å². The molecule has 0 aliphatic heterocycles. The zero-order valence-electron chi connectivity index (χ0n) is 11.1. The highest BCUT2D eigenvalue weighted by Gasteiger charge is 2.17. The molecule has 6 heteroatoms. The van der Waals surface area contributed by atoms with Crippen LogP contribution in [0.2, 0.25) is 0 Å². The summed E-state index contributed by atoms with van der Waals surface area (Å²) < 4.78 is 0. The fraction of sp³-hybridized carbons (Fsp3) is 0.429. The number of anilines is 1. The van der Waals surface area contributed by atoms with Crippen molar-refractivity contribution in [1.82, 2.24) is 5.48 Å². The number of benzene rings is 1. The lowest BCUT2D eigenvalue weighted by Gasteiger charge is -2.21. The Morgan fingerprint density at radius 3 is 2.45 bits per heavy atom. The van der Waals surface area contributed by atoms with Crippen LogP contribution in [0, 0.1) is 0 Å². The smallest absolute Gasteiger partial charge is 0.335 e. The third kappa shape index (κ3) is 3.71. The second-order valence-electron chi connectivity index (χ2n) is 4.96. The molecule has 0 saturated heterocycles. The SMILES string of the molecule is Nc1cc(C(=O)O)cc(C(=O)NOC2CCCCC2)c1. The van der Waals surface area contributed by atoms with E-state index in [1.807, 2.05) is 0 Å². The maximum Gasteiger partial charge on any atom is 0.335 e. The average molecular weight is 278 g/mol. The van der Waals surface area contributed by atoms with E-state index in [0.29, 0.717) is 0 Å². The van der Waals surface area contributed by atoms with Crippen molar-refractivity contribution in [1.29, 1.82) is 0 Å². The molecule has 0 spiro atoms. The van der Waals surface area contributed by atoms with Gasteiger partial charge in [-0.1, -0.05) is 19.3 Å². The summed E-state index contributed by atoms with van der Waals surface area (Å²) in [4.78, 5) is 28.2. The molecule has 20 heavy (non-hydrogen) atoms. The van der Waals surface area contributed by atoms with Crippen LogP contribution < -0.4 is 11.2 Å². The molecule has 0 atom stereocenters. The lowest BCUT2D eigenvalue weighted by molar-refractivity contribution is -0.0312. The molecule has 1 saturated carbocycles. The number of rotatable bonds is 4. The summed E-state index contributed by atoms with van der Waals surface area (Å²) in [6.45, 7) is 0. The second kappa shape index (κ2) is 6.38. The Labute approximate surface area is 116 Å². The topological polar surface area (TPSA) is 102 Å². The van der Waals surface area contributed by atoms with Crippen molar-refractivity contribution in [2.45, 2.75) is 38.2 Å². The Morgan fingerprint density at radius 1 is 1.15 bits per heavy atom. The molecule has 1 amide bonds. The molecule has 0 heterocycles. The number of carboxylic acid groups (broad SMARTS) is 1. The molecule has 0 aromatic heterocycles. The second-order valence-corrected chi connectivity index (χ2v) is 4.96. The summed E-state index contributed by atoms with van der Waals surface area (Å²) in [5, 5.41) is 8.93. The highest BCUT2D eigenvalue weighted by molar-refractivity contribution is 5.98. The summed E-state index contributed by atoms with van der Waals surface area (Å²) in [7, 11) is 0. The van der Waals surface area contributed by atoms with E-state index in [1.54, 1.807) is 0 Å². The van der Waals surface area contributed by atoms with E-state index < -0.39 is 11.9 Å². The molecule has 4 N–H and O–H groups in total. The third-order valence-corrected chi connectivity index (χ3v) is 3.33. The van der Waals surface area contributed by atoms with Crippen molar-refractivity contribution in [3.8, 4) is 0 Å². The number of hydrogen-bond donors (Lipinski definition) is 3. The number of nitrogen functional groups attached to an aromatic ring is 1. The first-order valence-corrected chi connectivity index (χ1v) is 6.66. The molecular weight excluding hydrogens is 260 g/mol. The molecule has 1 aromatic rings. The lowest BCUT2D eigenvalue weighted by atomic mass is 9.98. The maximum atomic E-state index is 11.9. The van der Waals surface area contributed by atoms with Crippen LogP contribution in [0.4, 0.5) is 5.69 Å². The Bertz CT molecular complexity index is 510. The summed E-state index contributed by atoms with van der Waals surface area (Å²) in [5.41, 5.74) is 8.35. The zero-order valence-corrected chi connectivity index (χ0v) is 11.1.